The van der Waals surface area contributed by atoms with Crippen LogP contribution in [0.1, 0.15) is 52.4 Å². The van der Waals surface area contributed by atoms with Crippen LogP contribution in [0.2, 0.25) is 0 Å². The number of amides is 1. The number of ether oxygens (including phenoxy) is 1. The highest BCUT2D eigenvalue weighted by Crippen LogP contribution is 2.27. The van der Waals surface area contributed by atoms with Crippen molar-refractivity contribution in [1.29, 1.82) is 0 Å². The average molecular weight is 241 g/mol. The van der Waals surface area contributed by atoms with Crippen LogP contribution in [0, 0.1) is 5.92 Å². The van der Waals surface area contributed by atoms with Crippen LogP contribution in [0.3, 0.4) is 0 Å². The molecule has 17 heavy (non-hydrogen) atoms. The van der Waals surface area contributed by atoms with Crippen molar-refractivity contribution in [2.24, 2.45) is 5.92 Å². The molecule has 1 aliphatic carbocycles. The van der Waals surface area contributed by atoms with Crippen molar-refractivity contribution >= 4 is 11.9 Å². The summed E-state index contributed by atoms with van der Waals surface area (Å²) in [6.07, 6.45) is 6.78. The Morgan fingerprint density at radius 1 is 1.18 bits per heavy atom. The minimum absolute atomic E-state index is 0.153. The second-order valence-corrected chi connectivity index (χ2v) is 4.70. The van der Waals surface area contributed by atoms with Crippen molar-refractivity contribution in [2.75, 3.05) is 6.61 Å². The molecule has 0 bridgehead atoms. The summed E-state index contributed by atoms with van der Waals surface area (Å²) in [5.74, 6) is -0.551. The van der Waals surface area contributed by atoms with Crippen molar-refractivity contribution in [1.82, 2.24) is 5.32 Å². The molecule has 1 rings (SSSR count). The molecule has 1 N–H and O–H groups in total. The van der Waals surface area contributed by atoms with Crippen LogP contribution in [0.4, 0.5) is 0 Å². The Hall–Kier alpha value is -1.06. The Labute approximate surface area is 103 Å². The fourth-order valence-electron chi connectivity index (χ4n) is 2.44. The van der Waals surface area contributed by atoms with Gasteiger partial charge in [0.25, 0.3) is 0 Å². The number of rotatable bonds is 4. The molecule has 98 valence electrons. The molecule has 0 atom stereocenters. The van der Waals surface area contributed by atoms with E-state index < -0.39 is 11.9 Å². The maximum absolute atomic E-state index is 11.4. The minimum atomic E-state index is -0.761. The number of carbonyl (C=O) groups is 2. The van der Waals surface area contributed by atoms with E-state index in [-0.39, 0.29) is 12.6 Å². The summed E-state index contributed by atoms with van der Waals surface area (Å²) in [7, 11) is 0. The van der Waals surface area contributed by atoms with Gasteiger partial charge in [0.15, 0.2) is 0 Å². The molecule has 4 heteroatoms. The zero-order valence-electron chi connectivity index (χ0n) is 10.8. The third-order valence-corrected chi connectivity index (χ3v) is 3.34. The molecule has 0 aromatic heterocycles. The van der Waals surface area contributed by atoms with Gasteiger partial charge < -0.3 is 10.1 Å². The first-order valence-corrected chi connectivity index (χ1v) is 6.65. The monoisotopic (exact) mass is 241 g/mol. The SMILES string of the molecule is CCCC1CCC(NC(=O)C(=O)OCC)CC1. The van der Waals surface area contributed by atoms with Crippen molar-refractivity contribution in [3.63, 3.8) is 0 Å². The van der Waals surface area contributed by atoms with Gasteiger partial charge in [-0.3, -0.25) is 4.79 Å². The maximum Gasteiger partial charge on any atom is 0.396 e. The molecular formula is C13H23NO3. The highest BCUT2D eigenvalue weighted by molar-refractivity contribution is 6.32. The topological polar surface area (TPSA) is 55.4 Å². The van der Waals surface area contributed by atoms with Gasteiger partial charge in [0, 0.05) is 6.04 Å². The Morgan fingerprint density at radius 3 is 2.35 bits per heavy atom. The summed E-state index contributed by atoms with van der Waals surface area (Å²) in [5.41, 5.74) is 0. The van der Waals surface area contributed by atoms with E-state index in [0.717, 1.165) is 31.6 Å². The molecule has 0 heterocycles. The second-order valence-electron chi connectivity index (χ2n) is 4.70. The Balaban J connectivity index is 2.25. The molecule has 1 aliphatic rings. The lowest BCUT2D eigenvalue weighted by Crippen LogP contribution is -2.41. The number of nitrogens with one attached hydrogen (secondary N) is 1. The van der Waals surface area contributed by atoms with Crippen molar-refractivity contribution in [2.45, 2.75) is 58.4 Å². The highest BCUT2D eigenvalue weighted by atomic mass is 16.5. The van der Waals surface area contributed by atoms with E-state index in [1.165, 1.54) is 12.8 Å². The van der Waals surface area contributed by atoms with E-state index in [4.69, 9.17) is 0 Å². The van der Waals surface area contributed by atoms with Crippen molar-refractivity contribution in [3.8, 4) is 0 Å². The van der Waals surface area contributed by atoms with Gasteiger partial charge >= 0.3 is 11.9 Å². The van der Waals surface area contributed by atoms with Gasteiger partial charge in [-0.15, -0.1) is 0 Å². The molecule has 0 unspecified atom stereocenters. The fourth-order valence-corrected chi connectivity index (χ4v) is 2.44. The van der Waals surface area contributed by atoms with Crippen LogP contribution in [-0.2, 0) is 14.3 Å². The molecule has 0 radical (unpaired) electrons. The first-order valence-electron chi connectivity index (χ1n) is 6.65. The second kappa shape index (κ2) is 7.30. The quantitative estimate of drug-likeness (QED) is 0.605. The van der Waals surface area contributed by atoms with Gasteiger partial charge in [0.1, 0.15) is 0 Å². The number of carbonyl (C=O) groups excluding carboxylic acids is 2. The fraction of sp³-hybridized carbons (Fsp3) is 0.846. The van der Waals surface area contributed by atoms with E-state index in [1.54, 1.807) is 6.92 Å². The first kappa shape index (κ1) is 14.0. The summed E-state index contributed by atoms with van der Waals surface area (Å²) in [6, 6.07) is 0.153. The summed E-state index contributed by atoms with van der Waals surface area (Å²) in [5, 5.41) is 2.75. The summed E-state index contributed by atoms with van der Waals surface area (Å²) in [4.78, 5) is 22.6. The van der Waals surface area contributed by atoms with Crippen molar-refractivity contribution < 1.29 is 14.3 Å². The van der Waals surface area contributed by atoms with E-state index in [1.807, 2.05) is 0 Å². The first-order chi connectivity index (χ1) is 8.17. The van der Waals surface area contributed by atoms with E-state index in [9.17, 15) is 9.59 Å². The zero-order chi connectivity index (χ0) is 12.7. The molecule has 0 spiro atoms. The number of esters is 1. The van der Waals surface area contributed by atoms with E-state index >= 15 is 0 Å². The lowest BCUT2D eigenvalue weighted by atomic mass is 9.83. The van der Waals surface area contributed by atoms with E-state index in [2.05, 4.69) is 17.0 Å². The zero-order valence-corrected chi connectivity index (χ0v) is 10.8. The van der Waals surface area contributed by atoms with Gasteiger partial charge in [-0.25, -0.2) is 4.79 Å². The lowest BCUT2D eigenvalue weighted by molar-refractivity contribution is -0.155. The Bertz CT molecular complexity index is 257. The largest absolute Gasteiger partial charge is 0.459 e. The molecule has 0 saturated heterocycles. The van der Waals surface area contributed by atoms with Gasteiger partial charge in [-0.05, 0) is 38.5 Å². The van der Waals surface area contributed by atoms with E-state index in [0.29, 0.717) is 0 Å². The molecule has 0 aliphatic heterocycles. The van der Waals surface area contributed by atoms with Gasteiger partial charge in [-0.1, -0.05) is 19.8 Å². The molecular weight excluding hydrogens is 218 g/mol. The molecule has 1 fully saturated rings. The van der Waals surface area contributed by atoms with Gasteiger partial charge in [-0.2, -0.15) is 0 Å². The molecule has 1 saturated carbocycles. The number of hydrogen-bond donors (Lipinski definition) is 1. The minimum Gasteiger partial charge on any atom is -0.459 e. The Morgan fingerprint density at radius 2 is 1.82 bits per heavy atom. The van der Waals surface area contributed by atoms with Gasteiger partial charge in [0.2, 0.25) is 0 Å². The van der Waals surface area contributed by atoms with Crippen LogP contribution in [0.5, 0.6) is 0 Å². The standard InChI is InChI=1S/C13H23NO3/c1-3-5-10-6-8-11(9-7-10)14-12(15)13(16)17-4-2/h10-11H,3-9H2,1-2H3,(H,14,15). The third kappa shape index (κ3) is 4.75. The van der Waals surface area contributed by atoms with Crippen LogP contribution < -0.4 is 5.32 Å². The highest BCUT2D eigenvalue weighted by Gasteiger charge is 2.24. The normalized spacial score (nSPS) is 24.1. The Kier molecular flexibility index (Phi) is 6.01. The summed E-state index contributed by atoms with van der Waals surface area (Å²) in [6.45, 7) is 4.14. The predicted octanol–water partition coefficient (Wildman–Crippen LogP) is 2.02. The molecule has 4 nitrogen and oxygen atoms in total. The number of hydrogen-bond acceptors (Lipinski definition) is 3. The van der Waals surface area contributed by atoms with Crippen LogP contribution >= 0.6 is 0 Å². The molecule has 0 aromatic rings. The summed E-state index contributed by atoms with van der Waals surface area (Å²) < 4.78 is 4.65. The third-order valence-electron chi connectivity index (χ3n) is 3.34. The van der Waals surface area contributed by atoms with Gasteiger partial charge in [0.05, 0.1) is 6.61 Å². The smallest absolute Gasteiger partial charge is 0.396 e. The molecule has 1 amide bonds. The lowest BCUT2D eigenvalue weighted by Gasteiger charge is -2.28. The van der Waals surface area contributed by atoms with Crippen LogP contribution in [0.25, 0.3) is 0 Å². The predicted molar refractivity (Wildman–Crippen MR) is 65.4 cm³/mol. The summed E-state index contributed by atoms with van der Waals surface area (Å²) >= 11 is 0. The van der Waals surface area contributed by atoms with Crippen LogP contribution in [0.15, 0.2) is 0 Å². The van der Waals surface area contributed by atoms with Crippen molar-refractivity contribution in [3.05, 3.63) is 0 Å². The molecule has 0 aromatic carbocycles. The van der Waals surface area contributed by atoms with Crippen LogP contribution in [-0.4, -0.2) is 24.5 Å². The average Bonchev–Trinajstić information content (AvgIpc) is 2.32. The maximum atomic E-state index is 11.4.